The van der Waals surface area contributed by atoms with Gasteiger partial charge in [-0.2, -0.15) is 13.2 Å². The predicted molar refractivity (Wildman–Crippen MR) is 121 cm³/mol. The van der Waals surface area contributed by atoms with Crippen LogP contribution in [0.15, 0.2) is 66.7 Å². The molecule has 0 bridgehead atoms. The Hall–Kier alpha value is -2.79. The Morgan fingerprint density at radius 2 is 1.53 bits per heavy atom. The molecule has 3 rings (SSSR count). The molecule has 0 fully saturated rings. The number of Topliss-reactive ketones (excluding diaryl/α,β-unsaturated/α-hetero) is 1. The molecule has 3 aromatic rings. The molecule has 0 saturated carbocycles. The number of hydrogen-bond donors (Lipinski definition) is 0. The van der Waals surface area contributed by atoms with Gasteiger partial charge in [-0.15, -0.1) is 0 Å². The van der Waals surface area contributed by atoms with Crippen LogP contribution in [0.1, 0.15) is 44.2 Å². The van der Waals surface area contributed by atoms with Crippen molar-refractivity contribution in [3.05, 3.63) is 82.9 Å². The highest BCUT2D eigenvalue weighted by molar-refractivity contribution is 6.30. The van der Waals surface area contributed by atoms with Crippen molar-refractivity contribution >= 4 is 17.4 Å². The van der Waals surface area contributed by atoms with Crippen molar-refractivity contribution in [3.8, 4) is 22.6 Å². The van der Waals surface area contributed by atoms with Gasteiger partial charge in [0, 0.05) is 10.9 Å². The van der Waals surface area contributed by atoms with Gasteiger partial charge >= 0.3 is 6.18 Å². The Morgan fingerprint density at radius 3 is 2.06 bits per heavy atom. The molecule has 0 aliphatic heterocycles. The highest BCUT2D eigenvalue weighted by Gasteiger charge is 2.30. The number of carbonyl (C=O) groups excluding carboxylic acids is 1. The fourth-order valence-corrected chi connectivity index (χ4v) is 3.67. The van der Waals surface area contributed by atoms with E-state index < -0.39 is 11.7 Å². The normalized spacial score (nSPS) is 12.6. The van der Waals surface area contributed by atoms with Crippen molar-refractivity contribution in [2.45, 2.75) is 39.3 Å². The zero-order valence-corrected chi connectivity index (χ0v) is 18.8. The van der Waals surface area contributed by atoms with Crippen LogP contribution in [0.3, 0.4) is 0 Å². The Labute approximate surface area is 191 Å². The van der Waals surface area contributed by atoms with E-state index in [2.05, 4.69) is 0 Å². The molecule has 0 heterocycles. The standard InChI is InChI=1S/C26H24ClF3O2/c1-16(2)12-25(17(3)31)20-13-19(18-4-6-21(7-5-18)26(28,29)30)14-24(15-20)32-23-10-8-22(27)9-11-23/h4-11,13-16,25H,12H2,1-3H3. The lowest BCUT2D eigenvalue weighted by atomic mass is 9.86. The Kier molecular flexibility index (Phi) is 7.29. The van der Waals surface area contributed by atoms with E-state index in [9.17, 15) is 18.0 Å². The van der Waals surface area contributed by atoms with Crippen molar-refractivity contribution in [1.29, 1.82) is 0 Å². The molecule has 32 heavy (non-hydrogen) atoms. The van der Waals surface area contributed by atoms with E-state index >= 15 is 0 Å². The zero-order valence-electron chi connectivity index (χ0n) is 18.0. The van der Waals surface area contributed by atoms with Crippen LogP contribution in [0.2, 0.25) is 5.02 Å². The quantitative estimate of drug-likeness (QED) is 0.353. The first-order valence-corrected chi connectivity index (χ1v) is 10.7. The molecular formula is C26H24ClF3O2. The molecule has 0 aliphatic rings. The van der Waals surface area contributed by atoms with Gasteiger partial charge in [-0.1, -0.05) is 43.6 Å². The predicted octanol–water partition coefficient (Wildman–Crippen LogP) is 8.54. The number of halogens is 4. The molecule has 2 nitrogen and oxygen atoms in total. The second kappa shape index (κ2) is 9.78. The summed E-state index contributed by atoms with van der Waals surface area (Å²) in [4.78, 5) is 12.4. The van der Waals surface area contributed by atoms with Crippen LogP contribution in [0, 0.1) is 5.92 Å². The van der Waals surface area contributed by atoms with E-state index in [4.69, 9.17) is 16.3 Å². The summed E-state index contributed by atoms with van der Waals surface area (Å²) in [5.74, 6) is 1.04. The molecule has 0 saturated heterocycles. The lowest BCUT2D eigenvalue weighted by molar-refractivity contribution is -0.137. The molecule has 1 unspecified atom stereocenters. The minimum Gasteiger partial charge on any atom is -0.457 e. The van der Waals surface area contributed by atoms with Gasteiger partial charge in [0.15, 0.2) is 0 Å². The second-order valence-electron chi connectivity index (χ2n) is 8.21. The van der Waals surface area contributed by atoms with E-state index in [1.165, 1.54) is 12.1 Å². The van der Waals surface area contributed by atoms with Crippen molar-refractivity contribution in [1.82, 2.24) is 0 Å². The molecule has 1 atom stereocenters. The Balaban J connectivity index is 2.06. The zero-order chi connectivity index (χ0) is 23.5. The minimum absolute atomic E-state index is 0.0284. The van der Waals surface area contributed by atoms with Crippen molar-refractivity contribution in [2.24, 2.45) is 5.92 Å². The van der Waals surface area contributed by atoms with E-state index in [1.54, 1.807) is 37.3 Å². The summed E-state index contributed by atoms with van der Waals surface area (Å²) in [6.07, 6.45) is -3.74. The van der Waals surface area contributed by atoms with Crippen LogP contribution in [-0.4, -0.2) is 5.78 Å². The van der Waals surface area contributed by atoms with Gasteiger partial charge in [0.05, 0.1) is 5.56 Å². The maximum Gasteiger partial charge on any atom is 0.416 e. The molecule has 0 spiro atoms. The third-order valence-electron chi connectivity index (χ3n) is 5.12. The average Bonchev–Trinajstić information content (AvgIpc) is 2.72. The third kappa shape index (κ3) is 6.13. The van der Waals surface area contributed by atoms with Crippen LogP contribution in [0.5, 0.6) is 11.5 Å². The Morgan fingerprint density at radius 1 is 0.906 bits per heavy atom. The topological polar surface area (TPSA) is 26.3 Å². The number of alkyl halides is 3. The number of benzene rings is 3. The summed E-state index contributed by atoms with van der Waals surface area (Å²) in [6.45, 7) is 5.64. The largest absolute Gasteiger partial charge is 0.457 e. The molecule has 6 heteroatoms. The molecule has 0 aromatic heterocycles. The molecule has 3 aromatic carbocycles. The first-order chi connectivity index (χ1) is 15.0. The van der Waals surface area contributed by atoms with Gasteiger partial charge in [0.25, 0.3) is 0 Å². The van der Waals surface area contributed by atoms with Crippen LogP contribution < -0.4 is 4.74 Å². The first-order valence-electron chi connectivity index (χ1n) is 10.3. The van der Waals surface area contributed by atoms with Gasteiger partial charge in [0.2, 0.25) is 0 Å². The minimum atomic E-state index is -4.40. The molecule has 0 N–H and O–H groups in total. The maximum absolute atomic E-state index is 13.0. The number of ketones is 1. The van der Waals surface area contributed by atoms with Gasteiger partial charge in [-0.25, -0.2) is 0 Å². The van der Waals surface area contributed by atoms with Gasteiger partial charge < -0.3 is 4.74 Å². The van der Waals surface area contributed by atoms with Crippen LogP contribution >= 0.6 is 11.6 Å². The van der Waals surface area contributed by atoms with Crippen molar-refractivity contribution in [2.75, 3.05) is 0 Å². The fourth-order valence-electron chi connectivity index (χ4n) is 3.55. The number of rotatable bonds is 7. The number of hydrogen-bond acceptors (Lipinski definition) is 2. The summed E-state index contributed by atoms with van der Waals surface area (Å²) in [5.41, 5.74) is 1.34. The van der Waals surface area contributed by atoms with Crippen molar-refractivity contribution in [3.63, 3.8) is 0 Å². The second-order valence-corrected chi connectivity index (χ2v) is 8.65. The lowest BCUT2D eigenvalue weighted by Gasteiger charge is -2.19. The highest BCUT2D eigenvalue weighted by Crippen LogP contribution is 2.36. The van der Waals surface area contributed by atoms with Crippen LogP contribution in [0.25, 0.3) is 11.1 Å². The van der Waals surface area contributed by atoms with Crippen LogP contribution in [0.4, 0.5) is 13.2 Å². The lowest BCUT2D eigenvalue weighted by Crippen LogP contribution is -2.12. The van der Waals surface area contributed by atoms with Crippen LogP contribution in [-0.2, 0) is 11.0 Å². The van der Waals surface area contributed by atoms with Gasteiger partial charge in [0.1, 0.15) is 17.3 Å². The first kappa shape index (κ1) is 23.9. The highest BCUT2D eigenvalue weighted by atomic mass is 35.5. The van der Waals surface area contributed by atoms with Gasteiger partial charge in [-0.3, -0.25) is 4.79 Å². The summed E-state index contributed by atoms with van der Waals surface area (Å²) in [5, 5.41) is 0.574. The summed E-state index contributed by atoms with van der Waals surface area (Å²) >= 11 is 5.94. The van der Waals surface area contributed by atoms with E-state index in [1.807, 2.05) is 26.0 Å². The smallest absolute Gasteiger partial charge is 0.416 e. The summed E-state index contributed by atoms with van der Waals surface area (Å²) in [7, 11) is 0. The Bertz CT molecular complexity index is 1070. The molecule has 0 aliphatic carbocycles. The van der Waals surface area contributed by atoms with E-state index in [-0.39, 0.29) is 11.7 Å². The number of carbonyl (C=O) groups is 1. The monoisotopic (exact) mass is 460 g/mol. The molecule has 0 radical (unpaired) electrons. The summed E-state index contributed by atoms with van der Waals surface area (Å²) in [6, 6.07) is 17.3. The molecule has 168 valence electrons. The SMILES string of the molecule is CC(=O)C(CC(C)C)c1cc(Oc2ccc(Cl)cc2)cc(-c2ccc(C(F)(F)F)cc2)c1. The number of ether oxygens (including phenoxy) is 1. The van der Waals surface area contributed by atoms with Crippen molar-refractivity contribution < 1.29 is 22.7 Å². The average molecular weight is 461 g/mol. The third-order valence-corrected chi connectivity index (χ3v) is 5.38. The van der Waals surface area contributed by atoms with E-state index in [0.717, 1.165) is 17.7 Å². The summed E-state index contributed by atoms with van der Waals surface area (Å²) < 4.78 is 44.9. The maximum atomic E-state index is 13.0. The molecule has 0 amide bonds. The fraction of sp³-hybridized carbons (Fsp3) is 0.269. The van der Waals surface area contributed by atoms with Gasteiger partial charge in [-0.05, 0) is 84.5 Å². The molecular weight excluding hydrogens is 437 g/mol. The van der Waals surface area contributed by atoms with E-state index in [0.29, 0.717) is 40.0 Å².